The first kappa shape index (κ1) is 21.9. The molecule has 0 fully saturated rings. The van der Waals surface area contributed by atoms with Gasteiger partial charge in [-0.1, -0.05) is 76.6 Å². The SMILES string of the molecule is S=C1NC2=C(CCCC/C2=C(/Nc2ccc(Br)cc2)c2ccccc2)C(c2ccccc2)N1. The second-order valence-electron chi connectivity index (χ2n) is 8.40. The largest absolute Gasteiger partial charge is 0.355 e. The van der Waals surface area contributed by atoms with Gasteiger partial charge in [-0.25, -0.2) is 0 Å². The molecule has 0 bridgehead atoms. The van der Waals surface area contributed by atoms with Gasteiger partial charge in [0.15, 0.2) is 5.11 Å². The molecule has 0 spiro atoms. The standard InChI is InChI=1S/C28H26BrN3S/c29-21-15-17-22(18-16-21)30-25(19-9-3-1-4-10-19)23-13-7-8-14-24-26(20-11-5-2-6-12-20)31-28(33)32-27(23)24/h1-6,9-12,15-18,26,30H,7-8,13-14H2,(H2,31,32,33)/b25-23-. The molecule has 166 valence electrons. The number of benzene rings is 3. The normalized spacial score (nSPS) is 19.7. The van der Waals surface area contributed by atoms with Crippen molar-refractivity contribution in [1.82, 2.24) is 10.6 Å². The van der Waals surface area contributed by atoms with E-state index in [1.54, 1.807) is 0 Å². The van der Waals surface area contributed by atoms with Gasteiger partial charge in [0, 0.05) is 15.9 Å². The molecule has 0 saturated carbocycles. The summed E-state index contributed by atoms with van der Waals surface area (Å²) in [6, 6.07) is 29.7. The van der Waals surface area contributed by atoms with E-state index in [0.717, 1.165) is 41.5 Å². The first-order valence-corrected chi connectivity index (χ1v) is 12.6. The van der Waals surface area contributed by atoms with Crippen molar-refractivity contribution in [3.8, 4) is 0 Å². The number of allylic oxidation sites excluding steroid dienone is 1. The lowest BCUT2D eigenvalue weighted by molar-refractivity contribution is 0.645. The highest BCUT2D eigenvalue weighted by Gasteiger charge is 2.30. The average Bonchev–Trinajstić information content (AvgIpc) is 3.07. The molecule has 3 N–H and O–H groups in total. The highest BCUT2D eigenvalue weighted by Crippen LogP contribution is 2.40. The molecule has 5 heteroatoms. The topological polar surface area (TPSA) is 36.1 Å². The number of rotatable bonds is 4. The first-order valence-electron chi connectivity index (χ1n) is 11.4. The molecule has 1 atom stereocenters. The van der Waals surface area contributed by atoms with Gasteiger partial charge in [0.1, 0.15) is 0 Å². The summed E-state index contributed by atoms with van der Waals surface area (Å²) in [7, 11) is 0. The van der Waals surface area contributed by atoms with Crippen LogP contribution in [0.5, 0.6) is 0 Å². The van der Waals surface area contributed by atoms with Crippen LogP contribution in [0.4, 0.5) is 5.69 Å². The van der Waals surface area contributed by atoms with Crippen LogP contribution in [-0.2, 0) is 0 Å². The highest BCUT2D eigenvalue weighted by molar-refractivity contribution is 9.10. The third-order valence-electron chi connectivity index (χ3n) is 6.22. The van der Waals surface area contributed by atoms with E-state index in [2.05, 4.69) is 117 Å². The van der Waals surface area contributed by atoms with E-state index < -0.39 is 0 Å². The Kier molecular flexibility index (Phi) is 6.60. The average molecular weight is 517 g/mol. The molecule has 3 nitrogen and oxygen atoms in total. The van der Waals surface area contributed by atoms with Crippen LogP contribution >= 0.6 is 28.1 Å². The summed E-state index contributed by atoms with van der Waals surface area (Å²) < 4.78 is 1.07. The first-order chi connectivity index (χ1) is 16.2. The van der Waals surface area contributed by atoms with Crippen LogP contribution in [0.25, 0.3) is 5.70 Å². The summed E-state index contributed by atoms with van der Waals surface area (Å²) >= 11 is 9.24. The Morgan fingerprint density at radius 1 is 0.848 bits per heavy atom. The molecule has 1 heterocycles. The Hall–Kier alpha value is -2.89. The summed E-state index contributed by atoms with van der Waals surface area (Å²) in [5.41, 5.74) is 8.47. The quantitative estimate of drug-likeness (QED) is 0.318. The van der Waals surface area contributed by atoms with Gasteiger partial charge in [-0.3, -0.25) is 0 Å². The maximum Gasteiger partial charge on any atom is 0.171 e. The second kappa shape index (κ2) is 9.94. The van der Waals surface area contributed by atoms with Gasteiger partial charge < -0.3 is 16.0 Å². The Labute approximate surface area is 209 Å². The van der Waals surface area contributed by atoms with Crippen LogP contribution in [0, 0.1) is 0 Å². The molecule has 0 radical (unpaired) electrons. The van der Waals surface area contributed by atoms with Gasteiger partial charge in [0.2, 0.25) is 0 Å². The minimum absolute atomic E-state index is 0.0905. The van der Waals surface area contributed by atoms with Crippen molar-refractivity contribution in [1.29, 1.82) is 0 Å². The zero-order chi connectivity index (χ0) is 22.6. The van der Waals surface area contributed by atoms with Crippen LogP contribution < -0.4 is 16.0 Å². The molecule has 1 aliphatic heterocycles. The monoisotopic (exact) mass is 515 g/mol. The third kappa shape index (κ3) is 4.90. The van der Waals surface area contributed by atoms with Gasteiger partial charge in [0.05, 0.1) is 11.7 Å². The smallest absolute Gasteiger partial charge is 0.171 e. The van der Waals surface area contributed by atoms with Gasteiger partial charge in [-0.2, -0.15) is 0 Å². The zero-order valence-corrected chi connectivity index (χ0v) is 20.7. The fourth-order valence-corrected chi connectivity index (χ4v) is 5.14. The molecule has 1 aliphatic carbocycles. The molecule has 5 rings (SSSR count). The molecule has 0 aromatic heterocycles. The van der Waals surface area contributed by atoms with E-state index in [4.69, 9.17) is 12.2 Å². The van der Waals surface area contributed by atoms with E-state index in [1.807, 2.05) is 0 Å². The molecule has 2 aliphatic rings. The number of nitrogens with one attached hydrogen (secondary N) is 3. The second-order valence-corrected chi connectivity index (χ2v) is 9.72. The lowest BCUT2D eigenvalue weighted by Gasteiger charge is -2.33. The summed E-state index contributed by atoms with van der Waals surface area (Å²) in [5.74, 6) is 0. The number of hydrogen-bond acceptors (Lipinski definition) is 2. The van der Waals surface area contributed by atoms with E-state index in [9.17, 15) is 0 Å². The Bertz CT molecular complexity index is 1200. The van der Waals surface area contributed by atoms with Crippen molar-refractivity contribution in [2.75, 3.05) is 5.32 Å². The lowest BCUT2D eigenvalue weighted by Crippen LogP contribution is -2.44. The molecular formula is C28H26BrN3S. The van der Waals surface area contributed by atoms with E-state index >= 15 is 0 Å². The third-order valence-corrected chi connectivity index (χ3v) is 6.97. The van der Waals surface area contributed by atoms with Gasteiger partial charge in [0.25, 0.3) is 0 Å². The van der Waals surface area contributed by atoms with Crippen LogP contribution in [0.15, 0.2) is 106 Å². The van der Waals surface area contributed by atoms with E-state index in [0.29, 0.717) is 5.11 Å². The van der Waals surface area contributed by atoms with Crippen molar-refractivity contribution < 1.29 is 0 Å². The molecular weight excluding hydrogens is 490 g/mol. The minimum atomic E-state index is 0.0905. The van der Waals surface area contributed by atoms with Crippen molar-refractivity contribution in [2.45, 2.75) is 31.7 Å². The number of halogens is 1. The minimum Gasteiger partial charge on any atom is -0.355 e. The predicted octanol–water partition coefficient (Wildman–Crippen LogP) is 7.32. The molecule has 1 unspecified atom stereocenters. The summed E-state index contributed by atoms with van der Waals surface area (Å²) in [4.78, 5) is 0. The lowest BCUT2D eigenvalue weighted by atomic mass is 9.90. The van der Waals surface area contributed by atoms with Crippen molar-refractivity contribution in [3.05, 3.63) is 117 Å². The Balaban J connectivity index is 1.68. The molecule has 3 aromatic rings. The number of anilines is 1. The number of thiocarbonyl (C=S) groups is 1. The van der Waals surface area contributed by atoms with Gasteiger partial charge in [-0.05, 0) is 84.4 Å². The fourth-order valence-electron chi connectivity index (χ4n) is 4.66. The Morgan fingerprint density at radius 2 is 1.52 bits per heavy atom. The highest BCUT2D eigenvalue weighted by atomic mass is 79.9. The van der Waals surface area contributed by atoms with E-state index in [1.165, 1.54) is 28.0 Å². The molecule has 3 aromatic carbocycles. The maximum absolute atomic E-state index is 5.69. The summed E-state index contributed by atoms with van der Waals surface area (Å²) in [5, 5.41) is 11.5. The van der Waals surface area contributed by atoms with Crippen LogP contribution in [0.3, 0.4) is 0 Å². The van der Waals surface area contributed by atoms with Crippen LogP contribution in [0.1, 0.15) is 42.9 Å². The zero-order valence-electron chi connectivity index (χ0n) is 18.3. The predicted molar refractivity (Wildman–Crippen MR) is 145 cm³/mol. The molecule has 0 saturated heterocycles. The van der Waals surface area contributed by atoms with Gasteiger partial charge >= 0.3 is 0 Å². The molecule has 33 heavy (non-hydrogen) atoms. The summed E-state index contributed by atoms with van der Waals surface area (Å²) in [6.45, 7) is 0. The van der Waals surface area contributed by atoms with Gasteiger partial charge in [-0.15, -0.1) is 0 Å². The van der Waals surface area contributed by atoms with Crippen LogP contribution in [-0.4, -0.2) is 5.11 Å². The fraction of sp³-hybridized carbons (Fsp3) is 0.179. The van der Waals surface area contributed by atoms with Crippen molar-refractivity contribution in [3.63, 3.8) is 0 Å². The Morgan fingerprint density at radius 3 is 2.24 bits per heavy atom. The van der Waals surface area contributed by atoms with Crippen molar-refractivity contribution in [2.24, 2.45) is 0 Å². The molecule has 0 amide bonds. The maximum atomic E-state index is 5.69. The number of hydrogen-bond donors (Lipinski definition) is 3. The van der Waals surface area contributed by atoms with Crippen LogP contribution in [0.2, 0.25) is 0 Å². The summed E-state index contributed by atoms with van der Waals surface area (Å²) in [6.07, 6.45) is 4.32. The van der Waals surface area contributed by atoms with E-state index in [-0.39, 0.29) is 6.04 Å². The van der Waals surface area contributed by atoms with Crippen molar-refractivity contribution >= 4 is 44.6 Å².